The number of aryl methyl sites for hydroxylation is 3. The molecule has 4 rings (SSSR count). The molecule has 3 heterocycles. The molecule has 3 nitrogen and oxygen atoms in total. The van der Waals surface area contributed by atoms with E-state index in [-0.39, 0.29) is 0 Å². The molecule has 0 bridgehead atoms. The quantitative estimate of drug-likeness (QED) is 0.679. The van der Waals surface area contributed by atoms with E-state index in [2.05, 4.69) is 72.6 Å². The van der Waals surface area contributed by atoms with E-state index in [9.17, 15) is 0 Å². The topological polar surface area (TPSA) is 21.1 Å². The van der Waals surface area contributed by atoms with Gasteiger partial charge in [-0.3, -0.25) is 4.98 Å². The van der Waals surface area contributed by atoms with Crippen molar-refractivity contribution in [3.8, 4) is 5.69 Å². The molecule has 23 heavy (non-hydrogen) atoms. The number of benzene rings is 1. The monoisotopic (exact) mass is 305 g/mol. The van der Waals surface area contributed by atoms with E-state index < -0.39 is 0 Å². The average molecular weight is 305 g/mol. The Labute approximate surface area is 137 Å². The van der Waals surface area contributed by atoms with Gasteiger partial charge in [-0.2, -0.15) is 0 Å². The number of fused-ring (bicyclic) bond motifs is 3. The summed E-state index contributed by atoms with van der Waals surface area (Å²) in [6, 6.07) is 11.2. The van der Waals surface area contributed by atoms with Gasteiger partial charge in [-0.25, -0.2) is 0 Å². The van der Waals surface area contributed by atoms with E-state index in [1.165, 1.54) is 33.4 Å². The number of rotatable bonds is 1. The first kappa shape index (κ1) is 14.5. The van der Waals surface area contributed by atoms with Gasteiger partial charge in [0.15, 0.2) is 0 Å². The van der Waals surface area contributed by atoms with E-state index >= 15 is 0 Å². The van der Waals surface area contributed by atoms with Gasteiger partial charge in [0.2, 0.25) is 0 Å². The van der Waals surface area contributed by atoms with Crippen molar-refractivity contribution in [2.24, 2.45) is 0 Å². The van der Waals surface area contributed by atoms with Crippen LogP contribution in [0, 0.1) is 20.8 Å². The van der Waals surface area contributed by atoms with Crippen LogP contribution >= 0.6 is 0 Å². The molecule has 0 spiro atoms. The van der Waals surface area contributed by atoms with Crippen LogP contribution in [0.4, 0.5) is 0 Å². The first-order chi connectivity index (χ1) is 11.0. The number of pyridine rings is 1. The van der Waals surface area contributed by atoms with Crippen molar-refractivity contribution in [2.75, 3.05) is 13.6 Å². The van der Waals surface area contributed by atoms with Crippen molar-refractivity contribution in [3.63, 3.8) is 0 Å². The van der Waals surface area contributed by atoms with E-state index in [1.54, 1.807) is 0 Å². The molecule has 0 fully saturated rings. The summed E-state index contributed by atoms with van der Waals surface area (Å²) < 4.78 is 2.46. The first-order valence-electron chi connectivity index (χ1n) is 8.30. The normalized spacial score (nSPS) is 15.1. The minimum Gasteiger partial charge on any atom is -0.313 e. The van der Waals surface area contributed by atoms with Crippen LogP contribution in [0.2, 0.25) is 0 Å². The molecule has 118 valence electrons. The van der Waals surface area contributed by atoms with Crippen LogP contribution < -0.4 is 0 Å². The Bertz CT molecular complexity index is 885. The number of aromatic nitrogens is 2. The fourth-order valence-corrected chi connectivity index (χ4v) is 3.84. The lowest BCUT2D eigenvalue weighted by atomic mass is 10.0. The third-order valence-electron chi connectivity index (χ3n) is 4.82. The summed E-state index contributed by atoms with van der Waals surface area (Å²) in [6.45, 7) is 8.48. The van der Waals surface area contributed by atoms with Crippen molar-refractivity contribution in [3.05, 3.63) is 58.5 Å². The molecular formula is C20H23N3. The largest absolute Gasteiger partial charge is 0.313 e. The van der Waals surface area contributed by atoms with Crippen LogP contribution in [0.5, 0.6) is 0 Å². The smallest absolute Gasteiger partial charge is 0.0535 e. The summed E-state index contributed by atoms with van der Waals surface area (Å²) in [4.78, 5) is 6.96. The van der Waals surface area contributed by atoms with Gasteiger partial charge in [0.05, 0.1) is 5.52 Å². The van der Waals surface area contributed by atoms with Crippen LogP contribution in [0.15, 0.2) is 30.3 Å². The summed E-state index contributed by atoms with van der Waals surface area (Å²) in [5.74, 6) is 0. The predicted octanol–water partition coefficient (Wildman–Crippen LogP) is 3.94. The molecule has 1 aromatic carbocycles. The molecule has 1 aliphatic heterocycles. The minimum absolute atomic E-state index is 1.03. The fraction of sp³-hybridized carbons (Fsp3) is 0.350. The van der Waals surface area contributed by atoms with Gasteiger partial charge < -0.3 is 9.47 Å². The predicted molar refractivity (Wildman–Crippen MR) is 95.3 cm³/mol. The maximum absolute atomic E-state index is 4.54. The molecule has 0 radical (unpaired) electrons. The highest BCUT2D eigenvalue weighted by molar-refractivity contribution is 5.88. The van der Waals surface area contributed by atoms with Crippen molar-refractivity contribution < 1.29 is 0 Å². The molecule has 0 aliphatic carbocycles. The van der Waals surface area contributed by atoms with Crippen LogP contribution in [-0.4, -0.2) is 28.0 Å². The van der Waals surface area contributed by atoms with Crippen LogP contribution in [0.25, 0.3) is 16.6 Å². The van der Waals surface area contributed by atoms with Gasteiger partial charge >= 0.3 is 0 Å². The number of hydrogen-bond donors (Lipinski definition) is 0. The van der Waals surface area contributed by atoms with Gasteiger partial charge in [0.25, 0.3) is 0 Å². The Morgan fingerprint density at radius 2 is 1.74 bits per heavy atom. The number of likely N-dealkylation sites (N-methyl/N-ethyl adjacent to an activating group) is 1. The SMILES string of the molecule is Cc1ccc2c(c1)c1c(n2-c2cc(C)nc(C)c2)CCN(C)C1. The highest BCUT2D eigenvalue weighted by Gasteiger charge is 2.23. The Hall–Kier alpha value is -2.13. The zero-order chi connectivity index (χ0) is 16.1. The van der Waals surface area contributed by atoms with Gasteiger partial charge in [-0.05, 0) is 57.6 Å². The lowest BCUT2D eigenvalue weighted by Gasteiger charge is -2.24. The zero-order valence-corrected chi connectivity index (χ0v) is 14.3. The Kier molecular flexibility index (Phi) is 3.27. The third kappa shape index (κ3) is 2.36. The zero-order valence-electron chi connectivity index (χ0n) is 14.3. The summed E-state index contributed by atoms with van der Waals surface area (Å²) in [7, 11) is 2.21. The van der Waals surface area contributed by atoms with Gasteiger partial charge in [0.1, 0.15) is 0 Å². The highest BCUT2D eigenvalue weighted by Crippen LogP contribution is 2.34. The second kappa shape index (κ2) is 5.20. The van der Waals surface area contributed by atoms with E-state index in [0.717, 1.165) is 30.9 Å². The summed E-state index contributed by atoms with van der Waals surface area (Å²) in [5, 5.41) is 1.40. The van der Waals surface area contributed by atoms with Gasteiger partial charge in [-0.15, -0.1) is 0 Å². The lowest BCUT2D eigenvalue weighted by molar-refractivity contribution is 0.311. The van der Waals surface area contributed by atoms with Crippen LogP contribution in [-0.2, 0) is 13.0 Å². The molecule has 0 saturated carbocycles. The summed E-state index contributed by atoms with van der Waals surface area (Å²) in [5.41, 5.74) is 9.01. The Balaban J connectivity index is 2.06. The molecule has 3 heteroatoms. The van der Waals surface area contributed by atoms with E-state index in [4.69, 9.17) is 0 Å². The summed E-state index contributed by atoms with van der Waals surface area (Å²) >= 11 is 0. The molecule has 0 saturated heterocycles. The Morgan fingerprint density at radius 1 is 1.00 bits per heavy atom. The molecule has 1 aliphatic rings. The first-order valence-corrected chi connectivity index (χ1v) is 8.30. The number of nitrogens with zero attached hydrogens (tertiary/aromatic N) is 3. The van der Waals surface area contributed by atoms with Crippen molar-refractivity contribution in [1.82, 2.24) is 14.5 Å². The van der Waals surface area contributed by atoms with Crippen molar-refractivity contribution >= 4 is 10.9 Å². The Morgan fingerprint density at radius 3 is 2.48 bits per heavy atom. The van der Waals surface area contributed by atoms with Crippen molar-refractivity contribution in [2.45, 2.75) is 33.7 Å². The molecule has 0 atom stereocenters. The van der Waals surface area contributed by atoms with E-state index in [1.807, 2.05) is 0 Å². The molecular weight excluding hydrogens is 282 g/mol. The second-order valence-corrected chi connectivity index (χ2v) is 6.88. The minimum atomic E-state index is 1.03. The average Bonchev–Trinajstić information content (AvgIpc) is 2.79. The molecule has 0 amide bonds. The molecule has 2 aromatic heterocycles. The molecule has 0 N–H and O–H groups in total. The summed E-state index contributed by atoms with van der Waals surface area (Å²) in [6.07, 6.45) is 1.10. The van der Waals surface area contributed by atoms with E-state index in [0.29, 0.717) is 0 Å². The van der Waals surface area contributed by atoms with Crippen LogP contribution in [0.1, 0.15) is 28.2 Å². The van der Waals surface area contributed by atoms with Gasteiger partial charge in [0, 0.05) is 47.7 Å². The third-order valence-corrected chi connectivity index (χ3v) is 4.82. The highest BCUT2D eigenvalue weighted by atomic mass is 15.1. The molecule has 0 unspecified atom stereocenters. The van der Waals surface area contributed by atoms with Crippen LogP contribution in [0.3, 0.4) is 0 Å². The standard InChI is InChI=1S/C20H23N3/c1-13-5-6-19-17(9-13)18-12-22(4)8-7-20(18)23(19)16-10-14(2)21-15(3)11-16/h5-6,9-11H,7-8,12H2,1-4H3. The van der Waals surface area contributed by atoms with Gasteiger partial charge in [-0.1, -0.05) is 11.6 Å². The number of hydrogen-bond acceptors (Lipinski definition) is 2. The molecule has 3 aromatic rings. The lowest BCUT2D eigenvalue weighted by Crippen LogP contribution is -2.27. The second-order valence-electron chi connectivity index (χ2n) is 6.88. The van der Waals surface area contributed by atoms with Crippen molar-refractivity contribution in [1.29, 1.82) is 0 Å². The maximum Gasteiger partial charge on any atom is 0.0535 e. The maximum atomic E-state index is 4.54. The fourth-order valence-electron chi connectivity index (χ4n) is 3.84.